The van der Waals surface area contributed by atoms with Crippen molar-refractivity contribution >= 4 is 31.0 Å². The summed E-state index contributed by atoms with van der Waals surface area (Å²) >= 11 is -3.17. The first-order chi connectivity index (χ1) is 14.2. The summed E-state index contributed by atoms with van der Waals surface area (Å²) < 4.78 is 5.72. The van der Waals surface area contributed by atoms with Gasteiger partial charge in [0.25, 0.3) is 0 Å². The van der Waals surface area contributed by atoms with Crippen molar-refractivity contribution < 1.29 is 0 Å². The molecule has 29 heavy (non-hydrogen) atoms. The second-order valence-corrected chi connectivity index (χ2v) is 15.7. The van der Waals surface area contributed by atoms with Crippen molar-refractivity contribution in [2.75, 3.05) is 14.1 Å². The average molecular weight is 445 g/mol. The Morgan fingerprint density at radius 1 is 0.690 bits per heavy atom. The minimum atomic E-state index is -3.17. The number of hydrazone groups is 1. The molecule has 0 N–H and O–H groups in total. The molecule has 0 amide bonds. The van der Waals surface area contributed by atoms with Crippen LogP contribution in [0.3, 0.4) is 0 Å². The van der Waals surface area contributed by atoms with Crippen molar-refractivity contribution in [2.24, 2.45) is 5.10 Å². The first kappa shape index (κ1) is 21.4. The molecule has 0 heterocycles. The van der Waals surface area contributed by atoms with E-state index in [9.17, 15) is 0 Å². The maximum atomic E-state index is 5.18. The Bertz CT molecular complexity index is 793. The molecule has 0 atom stereocenters. The van der Waals surface area contributed by atoms with Gasteiger partial charge >= 0.3 is 179 Å². The molecule has 3 aromatic carbocycles. The van der Waals surface area contributed by atoms with Gasteiger partial charge in [0, 0.05) is 0 Å². The van der Waals surface area contributed by atoms with Crippen LogP contribution in [0, 0.1) is 0 Å². The van der Waals surface area contributed by atoms with Crippen molar-refractivity contribution in [1.29, 1.82) is 0 Å². The fourth-order valence-corrected chi connectivity index (χ4v) is 14.6. The van der Waals surface area contributed by atoms with Gasteiger partial charge in [-0.15, -0.1) is 0 Å². The minimum absolute atomic E-state index is 1.05. The third-order valence-electron chi connectivity index (χ3n) is 5.39. The van der Waals surface area contributed by atoms with E-state index >= 15 is 0 Å². The van der Waals surface area contributed by atoms with Crippen LogP contribution >= 0.6 is 0 Å². The molecule has 0 saturated heterocycles. The van der Waals surface area contributed by atoms with Crippen molar-refractivity contribution in [1.82, 2.24) is 5.01 Å². The number of nitrogens with zero attached hydrogens (tertiary/aromatic N) is 2. The van der Waals surface area contributed by atoms with Gasteiger partial charge in [0.2, 0.25) is 0 Å². The van der Waals surface area contributed by atoms with E-state index in [2.05, 4.69) is 97.9 Å². The number of hydrogen-bond acceptors (Lipinski definition) is 2. The summed E-state index contributed by atoms with van der Waals surface area (Å²) in [6.07, 6.45) is 4.69. The summed E-state index contributed by atoms with van der Waals surface area (Å²) in [6, 6.07) is 33.4. The normalized spacial score (nSPS) is 12.0. The quantitative estimate of drug-likeness (QED) is 0.209. The summed E-state index contributed by atoms with van der Waals surface area (Å²) in [5.74, 6) is 0. The zero-order valence-corrected chi connectivity index (χ0v) is 20.0. The van der Waals surface area contributed by atoms with Crippen LogP contribution in [0.5, 0.6) is 0 Å². The van der Waals surface area contributed by atoms with E-state index in [0.29, 0.717) is 0 Å². The molecule has 0 aliphatic rings. The Hall–Kier alpha value is -2.33. The number of hydrogen-bond donors (Lipinski definition) is 0. The molecule has 0 unspecified atom stereocenters. The number of rotatable bonds is 9. The first-order valence-electron chi connectivity index (χ1n) is 10.6. The summed E-state index contributed by atoms with van der Waals surface area (Å²) in [5.41, 5.74) is 0. The molecule has 0 radical (unpaired) electrons. The van der Waals surface area contributed by atoms with Crippen molar-refractivity contribution in [3.8, 4) is 0 Å². The van der Waals surface area contributed by atoms with Gasteiger partial charge in [-0.2, -0.15) is 0 Å². The van der Waals surface area contributed by atoms with Crippen LogP contribution in [0.2, 0.25) is 0 Å². The Balaban J connectivity index is 2.34. The molecule has 3 heteroatoms. The SMILES string of the molecule is CCCCC/[C](=N\N(C)C)[Ge]([c]1ccccc1)([c]1ccccc1)[c]1ccccc1. The Kier molecular flexibility index (Phi) is 7.71. The zero-order valence-electron chi connectivity index (χ0n) is 17.9. The van der Waals surface area contributed by atoms with Crippen LogP contribution in [0.1, 0.15) is 32.6 Å². The fourth-order valence-electron chi connectivity index (χ4n) is 4.16. The number of benzene rings is 3. The predicted octanol–water partition coefficient (Wildman–Crippen LogP) is 4.19. The molecule has 0 fully saturated rings. The average Bonchev–Trinajstić information content (AvgIpc) is 2.76. The van der Waals surface area contributed by atoms with Gasteiger partial charge in [-0.1, -0.05) is 0 Å². The third kappa shape index (κ3) is 4.81. The molecule has 0 spiro atoms. The van der Waals surface area contributed by atoms with E-state index in [0.717, 1.165) is 6.42 Å². The van der Waals surface area contributed by atoms with Crippen LogP contribution in [0.4, 0.5) is 0 Å². The van der Waals surface area contributed by atoms with Gasteiger partial charge in [-0.05, 0) is 0 Å². The second kappa shape index (κ2) is 10.4. The molecular weight excluding hydrogens is 413 g/mol. The molecular formula is C26H32GeN2. The van der Waals surface area contributed by atoms with E-state index in [1.54, 1.807) is 0 Å². The Labute approximate surface area is 178 Å². The standard InChI is InChI=1S/C26H32GeN2/c1-4-5-9-22-26(28-29(2)3)27(23-16-10-6-11-17-23,24-18-12-7-13-19-24)25-20-14-8-15-21-25/h6-8,10-21H,4-5,9,22H2,1-3H3/b28-26+. The Morgan fingerprint density at radius 3 is 1.45 bits per heavy atom. The van der Waals surface area contributed by atoms with Crippen LogP contribution in [0.25, 0.3) is 0 Å². The van der Waals surface area contributed by atoms with Crippen LogP contribution in [-0.4, -0.2) is 36.9 Å². The predicted molar refractivity (Wildman–Crippen MR) is 129 cm³/mol. The zero-order chi connectivity index (χ0) is 20.5. The molecule has 2 nitrogen and oxygen atoms in total. The van der Waals surface area contributed by atoms with Crippen molar-refractivity contribution in [2.45, 2.75) is 32.6 Å². The van der Waals surface area contributed by atoms with Gasteiger partial charge in [-0.25, -0.2) is 0 Å². The van der Waals surface area contributed by atoms with Gasteiger partial charge in [0.05, 0.1) is 0 Å². The third-order valence-corrected chi connectivity index (χ3v) is 15.5. The van der Waals surface area contributed by atoms with E-state index in [1.807, 2.05) is 19.1 Å². The topological polar surface area (TPSA) is 15.6 Å². The van der Waals surface area contributed by atoms with Gasteiger partial charge in [-0.3, -0.25) is 0 Å². The molecule has 0 bridgehead atoms. The summed E-state index contributed by atoms with van der Waals surface area (Å²) in [7, 11) is 4.10. The maximum absolute atomic E-state index is 5.18. The second-order valence-electron chi connectivity index (χ2n) is 7.70. The van der Waals surface area contributed by atoms with Gasteiger partial charge < -0.3 is 0 Å². The Morgan fingerprint density at radius 2 is 1.10 bits per heavy atom. The fraction of sp³-hybridized carbons (Fsp3) is 0.269. The van der Waals surface area contributed by atoms with Crippen LogP contribution < -0.4 is 13.2 Å². The van der Waals surface area contributed by atoms with Crippen LogP contribution in [-0.2, 0) is 0 Å². The molecule has 0 aromatic heterocycles. The van der Waals surface area contributed by atoms with Gasteiger partial charge in [0.1, 0.15) is 0 Å². The van der Waals surface area contributed by atoms with E-state index in [-0.39, 0.29) is 0 Å². The van der Waals surface area contributed by atoms with Crippen LogP contribution in [0.15, 0.2) is 96.1 Å². The summed E-state index contributed by atoms with van der Waals surface area (Å²) in [4.78, 5) is 0. The molecule has 0 saturated carbocycles. The molecule has 0 aliphatic carbocycles. The molecule has 3 rings (SSSR count). The molecule has 0 aliphatic heterocycles. The van der Waals surface area contributed by atoms with Crippen molar-refractivity contribution in [3.63, 3.8) is 0 Å². The van der Waals surface area contributed by atoms with Gasteiger partial charge in [0.15, 0.2) is 0 Å². The molecule has 3 aromatic rings. The monoisotopic (exact) mass is 446 g/mol. The van der Waals surface area contributed by atoms with E-state index in [4.69, 9.17) is 5.10 Å². The van der Waals surface area contributed by atoms with E-state index in [1.165, 1.54) is 37.0 Å². The summed E-state index contributed by atoms with van der Waals surface area (Å²) in [5, 5.41) is 7.18. The molecule has 150 valence electrons. The van der Waals surface area contributed by atoms with Crippen molar-refractivity contribution in [3.05, 3.63) is 91.0 Å². The summed E-state index contributed by atoms with van der Waals surface area (Å²) in [6.45, 7) is 2.27. The first-order valence-corrected chi connectivity index (χ1v) is 14.8. The number of unbranched alkanes of at least 4 members (excludes halogenated alkanes) is 2. The van der Waals surface area contributed by atoms with E-state index < -0.39 is 13.3 Å².